The van der Waals surface area contributed by atoms with Crippen LogP contribution in [0.25, 0.3) is 17.0 Å². The van der Waals surface area contributed by atoms with Crippen LogP contribution in [0.15, 0.2) is 47.8 Å². The van der Waals surface area contributed by atoms with E-state index in [2.05, 4.69) is 25.2 Å². The molecule has 1 fully saturated rings. The van der Waals surface area contributed by atoms with Crippen molar-refractivity contribution in [3.05, 3.63) is 60.2 Å². The Morgan fingerprint density at radius 1 is 1.21 bits per heavy atom. The summed E-state index contributed by atoms with van der Waals surface area (Å²) in [5.41, 5.74) is 3.74. The van der Waals surface area contributed by atoms with Crippen molar-refractivity contribution in [3.63, 3.8) is 0 Å². The number of rotatable bonds is 3. The molecule has 29 heavy (non-hydrogen) atoms. The monoisotopic (exact) mass is 389 g/mol. The van der Waals surface area contributed by atoms with Crippen molar-refractivity contribution in [2.75, 3.05) is 13.1 Å². The van der Waals surface area contributed by atoms with Gasteiger partial charge in [-0.1, -0.05) is 5.16 Å². The zero-order valence-electron chi connectivity index (χ0n) is 15.9. The van der Waals surface area contributed by atoms with Crippen LogP contribution in [-0.2, 0) is 0 Å². The number of amides is 1. The van der Waals surface area contributed by atoms with E-state index in [-0.39, 0.29) is 11.8 Å². The van der Waals surface area contributed by atoms with Crippen LogP contribution in [0.5, 0.6) is 0 Å². The van der Waals surface area contributed by atoms with Gasteiger partial charge in [0.05, 0.1) is 23.1 Å². The molecule has 0 radical (unpaired) electrons. The molecule has 0 N–H and O–H groups in total. The fraction of sp³-hybridized carbons (Fsp3) is 0.300. The molecule has 0 spiro atoms. The molecule has 9 nitrogen and oxygen atoms in total. The summed E-state index contributed by atoms with van der Waals surface area (Å²) in [6.45, 7) is 3.18. The maximum absolute atomic E-state index is 13.0. The fourth-order valence-electron chi connectivity index (χ4n) is 3.85. The molecule has 1 aliphatic heterocycles. The Morgan fingerprint density at radius 2 is 2.07 bits per heavy atom. The SMILES string of the molecule is Cc1cc(-c2cncnc2C2CCN(C(=O)c3cnn4cccnc34)CC2)on1. The van der Waals surface area contributed by atoms with E-state index in [0.29, 0.717) is 30.1 Å². The van der Waals surface area contributed by atoms with Crippen LogP contribution in [0.3, 0.4) is 0 Å². The molecule has 146 valence electrons. The van der Waals surface area contributed by atoms with Gasteiger partial charge in [-0.15, -0.1) is 0 Å². The second-order valence-electron chi connectivity index (χ2n) is 7.17. The molecule has 0 aromatic carbocycles. The van der Waals surface area contributed by atoms with E-state index in [1.807, 2.05) is 17.9 Å². The standard InChI is InChI=1S/C20H19N7O2/c1-13-9-17(29-25-13)15-10-21-12-23-18(15)14-3-7-26(8-4-14)20(28)16-11-24-27-6-2-5-22-19(16)27/h2,5-6,9-12,14H,3-4,7-8H2,1H3. The number of likely N-dealkylation sites (tertiary alicyclic amines) is 1. The molecule has 9 heteroatoms. The second kappa shape index (κ2) is 7.08. The quantitative estimate of drug-likeness (QED) is 0.530. The zero-order chi connectivity index (χ0) is 19.8. The Kier molecular flexibility index (Phi) is 4.27. The summed E-state index contributed by atoms with van der Waals surface area (Å²) >= 11 is 0. The molecule has 5 heterocycles. The summed E-state index contributed by atoms with van der Waals surface area (Å²) in [6, 6.07) is 3.67. The third kappa shape index (κ3) is 3.14. The van der Waals surface area contributed by atoms with Gasteiger partial charge in [0.2, 0.25) is 0 Å². The van der Waals surface area contributed by atoms with Gasteiger partial charge in [-0.3, -0.25) is 4.79 Å². The van der Waals surface area contributed by atoms with Crippen molar-refractivity contribution in [1.82, 2.24) is 34.6 Å². The van der Waals surface area contributed by atoms with Gasteiger partial charge in [0.15, 0.2) is 11.4 Å². The van der Waals surface area contributed by atoms with Gasteiger partial charge in [0, 0.05) is 43.7 Å². The number of carbonyl (C=O) groups excluding carboxylic acids is 1. The number of aryl methyl sites for hydroxylation is 1. The number of carbonyl (C=O) groups is 1. The molecule has 0 unspecified atom stereocenters. The van der Waals surface area contributed by atoms with E-state index >= 15 is 0 Å². The topological polar surface area (TPSA) is 102 Å². The van der Waals surface area contributed by atoms with E-state index in [4.69, 9.17) is 4.52 Å². The molecule has 0 aliphatic carbocycles. The lowest BCUT2D eigenvalue weighted by atomic mass is 9.90. The number of hydrogen-bond acceptors (Lipinski definition) is 7. The average Bonchev–Trinajstić information content (AvgIpc) is 3.40. The Labute approximate surface area is 166 Å². The highest BCUT2D eigenvalue weighted by Crippen LogP contribution is 2.34. The van der Waals surface area contributed by atoms with Crippen molar-refractivity contribution >= 4 is 11.6 Å². The molecule has 1 amide bonds. The maximum Gasteiger partial charge on any atom is 0.259 e. The molecule has 4 aromatic heterocycles. The van der Waals surface area contributed by atoms with Crippen LogP contribution in [0, 0.1) is 6.92 Å². The van der Waals surface area contributed by atoms with Gasteiger partial charge in [-0.05, 0) is 25.8 Å². The normalized spacial score (nSPS) is 15.1. The van der Waals surface area contributed by atoms with Gasteiger partial charge in [0.1, 0.15) is 11.9 Å². The first-order chi connectivity index (χ1) is 14.2. The van der Waals surface area contributed by atoms with Crippen molar-refractivity contribution < 1.29 is 9.32 Å². The minimum atomic E-state index is -0.0362. The summed E-state index contributed by atoms with van der Waals surface area (Å²) in [6.07, 6.45) is 10.0. The lowest BCUT2D eigenvalue weighted by molar-refractivity contribution is 0.0714. The molecule has 4 aromatic rings. The molecular weight excluding hydrogens is 370 g/mol. The lowest BCUT2D eigenvalue weighted by Crippen LogP contribution is -2.38. The number of aromatic nitrogens is 6. The highest BCUT2D eigenvalue weighted by molar-refractivity contribution is 5.99. The van der Waals surface area contributed by atoms with Crippen molar-refractivity contribution in [3.8, 4) is 11.3 Å². The van der Waals surface area contributed by atoms with Crippen LogP contribution < -0.4 is 0 Å². The molecule has 5 rings (SSSR count). The molecule has 1 aliphatic rings. The van der Waals surface area contributed by atoms with Gasteiger partial charge >= 0.3 is 0 Å². The minimum Gasteiger partial charge on any atom is -0.356 e. The smallest absolute Gasteiger partial charge is 0.259 e. The summed E-state index contributed by atoms with van der Waals surface area (Å²) in [4.78, 5) is 27.8. The van der Waals surface area contributed by atoms with Crippen LogP contribution in [0.2, 0.25) is 0 Å². The molecular formula is C20H19N7O2. The first kappa shape index (κ1) is 17.5. The Balaban J connectivity index is 1.34. The van der Waals surface area contributed by atoms with Gasteiger partial charge in [0.25, 0.3) is 5.91 Å². The molecule has 0 bridgehead atoms. The van der Waals surface area contributed by atoms with Gasteiger partial charge in [-0.25, -0.2) is 19.5 Å². The number of nitrogens with zero attached hydrogens (tertiary/aromatic N) is 7. The van der Waals surface area contributed by atoms with Crippen molar-refractivity contribution in [2.24, 2.45) is 0 Å². The van der Waals surface area contributed by atoms with E-state index in [1.165, 1.54) is 0 Å². The maximum atomic E-state index is 13.0. The first-order valence-electron chi connectivity index (χ1n) is 9.52. The summed E-state index contributed by atoms with van der Waals surface area (Å²) in [5, 5.41) is 8.19. The number of hydrogen-bond donors (Lipinski definition) is 0. The Morgan fingerprint density at radius 3 is 2.86 bits per heavy atom. The molecule has 0 atom stereocenters. The highest BCUT2D eigenvalue weighted by atomic mass is 16.5. The van der Waals surface area contributed by atoms with Gasteiger partial charge in [-0.2, -0.15) is 5.10 Å². The Bertz CT molecular complexity index is 1170. The van der Waals surface area contributed by atoms with Crippen LogP contribution in [0.1, 0.15) is 40.5 Å². The average molecular weight is 389 g/mol. The second-order valence-corrected chi connectivity index (χ2v) is 7.17. The summed E-state index contributed by atoms with van der Waals surface area (Å²) < 4.78 is 7.04. The summed E-state index contributed by atoms with van der Waals surface area (Å²) in [5.74, 6) is 0.865. The zero-order valence-corrected chi connectivity index (χ0v) is 15.9. The fourth-order valence-corrected chi connectivity index (χ4v) is 3.85. The predicted octanol–water partition coefficient (Wildman–Crippen LogP) is 2.50. The van der Waals surface area contributed by atoms with Crippen LogP contribution in [-0.4, -0.2) is 53.6 Å². The van der Waals surface area contributed by atoms with E-state index < -0.39 is 0 Å². The number of fused-ring (bicyclic) bond motifs is 1. The van der Waals surface area contributed by atoms with E-state index in [9.17, 15) is 4.79 Å². The highest BCUT2D eigenvalue weighted by Gasteiger charge is 2.29. The van der Waals surface area contributed by atoms with Crippen molar-refractivity contribution in [2.45, 2.75) is 25.7 Å². The third-order valence-electron chi connectivity index (χ3n) is 5.32. The number of piperidine rings is 1. The largest absolute Gasteiger partial charge is 0.356 e. The minimum absolute atomic E-state index is 0.0362. The summed E-state index contributed by atoms with van der Waals surface area (Å²) in [7, 11) is 0. The molecule has 1 saturated heterocycles. The molecule has 0 saturated carbocycles. The predicted molar refractivity (Wildman–Crippen MR) is 103 cm³/mol. The van der Waals surface area contributed by atoms with Crippen LogP contribution in [0.4, 0.5) is 0 Å². The van der Waals surface area contributed by atoms with Crippen molar-refractivity contribution in [1.29, 1.82) is 0 Å². The lowest BCUT2D eigenvalue weighted by Gasteiger charge is -2.32. The first-order valence-corrected chi connectivity index (χ1v) is 9.52. The Hall–Kier alpha value is -3.62. The third-order valence-corrected chi connectivity index (χ3v) is 5.32. The van der Waals surface area contributed by atoms with E-state index in [0.717, 1.165) is 29.8 Å². The van der Waals surface area contributed by atoms with Crippen LogP contribution >= 0.6 is 0 Å². The van der Waals surface area contributed by atoms with E-state index in [1.54, 1.807) is 41.7 Å². The van der Waals surface area contributed by atoms with Gasteiger partial charge < -0.3 is 9.42 Å².